The number of carbonyl (C=O) groups is 1. The molecule has 0 saturated heterocycles. The maximum Gasteiger partial charge on any atom is 0.344 e. The molecule has 0 aliphatic carbocycles. The average molecular weight is 269 g/mol. The van der Waals surface area contributed by atoms with Gasteiger partial charge >= 0.3 is 5.97 Å². The first kappa shape index (κ1) is 15.3. The van der Waals surface area contributed by atoms with Crippen LogP contribution in [-0.4, -0.2) is 46.6 Å². The molecule has 2 N–H and O–H groups in total. The molecule has 0 amide bonds. The van der Waals surface area contributed by atoms with Crippen molar-refractivity contribution < 1.29 is 23.7 Å². The molecular formula is C13H19NO5. The molecule has 0 spiro atoms. The lowest BCUT2D eigenvalue weighted by Gasteiger charge is -2.11. The summed E-state index contributed by atoms with van der Waals surface area (Å²) in [5.41, 5.74) is 6.30. The van der Waals surface area contributed by atoms with Gasteiger partial charge in [-0.15, -0.1) is 0 Å². The van der Waals surface area contributed by atoms with E-state index in [1.54, 1.807) is 25.3 Å². The maximum atomic E-state index is 11.9. The number of ether oxygens (including phenoxy) is 4. The highest BCUT2D eigenvalue weighted by molar-refractivity contribution is 5.98. The zero-order chi connectivity index (χ0) is 14.1. The van der Waals surface area contributed by atoms with Crippen LogP contribution in [0.5, 0.6) is 5.75 Å². The molecular weight excluding hydrogens is 250 g/mol. The first-order valence-electron chi connectivity index (χ1n) is 5.87. The number of benzene rings is 1. The number of rotatable bonds is 8. The Hall–Kier alpha value is -1.79. The quantitative estimate of drug-likeness (QED) is 0.432. The lowest BCUT2D eigenvalue weighted by atomic mass is 10.1. The Bertz CT molecular complexity index is 408. The van der Waals surface area contributed by atoms with Crippen LogP contribution in [0.3, 0.4) is 0 Å². The van der Waals surface area contributed by atoms with Crippen LogP contribution in [0.4, 0.5) is 5.69 Å². The first-order chi connectivity index (χ1) is 9.20. The number of anilines is 1. The SMILES string of the molecule is COCCOCCOC(=O)c1c(N)cccc1OC. The van der Waals surface area contributed by atoms with Gasteiger partial charge < -0.3 is 24.7 Å². The van der Waals surface area contributed by atoms with Crippen LogP contribution < -0.4 is 10.5 Å². The average Bonchev–Trinajstić information content (AvgIpc) is 2.42. The molecule has 0 bridgehead atoms. The van der Waals surface area contributed by atoms with Gasteiger partial charge in [0.05, 0.1) is 26.9 Å². The van der Waals surface area contributed by atoms with Gasteiger partial charge in [-0.25, -0.2) is 4.79 Å². The third-order valence-electron chi connectivity index (χ3n) is 2.38. The molecule has 6 nitrogen and oxygen atoms in total. The lowest BCUT2D eigenvalue weighted by molar-refractivity contribution is 0.0212. The molecule has 1 rings (SSSR count). The Morgan fingerprint density at radius 1 is 1.16 bits per heavy atom. The molecule has 6 heteroatoms. The van der Waals surface area contributed by atoms with Crippen LogP contribution in [0.1, 0.15) is 10.4 Å². The summed E-state index contributed by atoms with van der Waals surface area (Å²) in [6.45, 7) is 1.43. The monoisotopic (exact) mass is 269 g/mol. The Labute approximate surface area is 112 Å². The van der Waals surface area contributed by atoms with Crippen molar-refractivity contribution in [3.8, 4) is 5.75 Å². The standard InChI is InChI=1S/C13H19NO5/c1-16-6-7-18-8-9-19-13(15)12-10(14)4-3-5-11(12)17-2/h3-5H,6-9,14H2,1-2H3. The number of nitrogen functional groups attached to an aromatic ring is 1. The highest BCUT2D eigenvalue weighted by Crippen LogP contribution is 2.24. The van der Waals surface area contributed by atoms with Crippen LogP contribution in [0, 0.1) is 0 Å². The molecule has 106 valence electrons. The van der Waals surface area contributed by atoms with Crippen molar-refractivity contribution in [2.45, 2.75) is 0 Å². The highest BCUT2D eigenvalue weighted by atomic mass is 16.6. The van der Waals surface area contributed by atoms with Crippen LogP contribution in [0.15, 0.2) is 18.2 Å². The maximum absolute atomic E-state index is 11.9. The Morgan fingerprint density at radius 2 is 1.89 bits per heavy atom. The van der Waals surface area contributed by atoms with E-state index in [2.05, 4.69) is 0 Å². The van der Waals surface area contributed by atoms with Gasteiger partial charge in [0.2, 0.25) is 0 Å². The Morgan fingerprint density at radius 3 is 2.58 bits per heavy atom. The van der Waals surface area contributed by atoms with Crippen LogP contribution in [-0.2, 0) is 14.2 Å². The van der Waals surface area contributed by atoms with Crippen molar-refractivity contribution >= 4 is 11.7 Å². The van der Waals surface area contributed by atoms with E-state index in [1.807, 2.05) is 0 Å². The van der Waals surface area contributed by atoms with Crippen molar-refractivity contribution in [2.24, 2.45) is 0 Å². The molecule has 0 fully saturated rings. The van der Waals surface area contributed by atoms with Crippen molar-refractivity contribution in [1.29, 1.82) is 0 Å². The van der Waals surface area contributed by atoms with E-state index in [-0.39, 0.29) is 12.2 Å². The number of hydrogen-bond donors (Lipinski definition) is 1. The fourth-order valence-electron chi connectivity index (χ4n) is 1.45. The Kier molecular flexibility index (Phi) is 6.70. The number of carbonyl (C=O) groups excluding carboxylic acids is 1. The molecule has 1 aromatic rings. The summed E-state index contributed by atoms with van der Waals surface area (Å²) in [6, 6.07) is 4.98. The predicted molar refractivity (Wildman–Crippen MR) is 70.4 cm³/mol. The van der Waals surface area contributed by atoms with Gasteiger partial charge in [0.25, 0.3) is 0 Å². The van der Waals surface area contributed by atoms with Crippen molar-refractivity contribution in [3.63, 3.8) is 0 Å². The van der Waals surface area contributed by atoms with Crippen LogP contribution >= 0.6 is 0 Å². The third-order valence-corrected chi connectivity index (χ3v) is 2.38. The molecule has 0 heterocycles. The second-order valence-corrected chi connectivity index (χ2v) is 3.67. The van der Waals surface area contributed by atoms with E-state index in [0.717, 1.165) is 0 Å². The largest absolute Gasteiger partial charge is 0.496 e. The smallest absolute Gasteiger partial charge is 0.344 e. The van der Waals surface area contributed by atoms with E-state index >= 15 is 0 Å². The molecule has 0 atom stereocenters. The molecule has 0 aliphatic rings. The molecule has 19 heavy (non-hydrogen) atoms. The highest BCUT2D eigenvalue weighted by Gasteiger charge is 2.16. The first-order valence-corrected chi connectivity index (χ1v) is 5.87. The molecule has 0 aromatic heterocycles. The van der Waals surface area contributed by atoms with Crippen LogP contribution in [0.25, 0.3) is 0 Å². The summed E-state index contributed by atoms with van der Waals surface area (Å²) < 4.78 is 20.1. The van der Waals surface area contributed by atoms with Gasteiger partial charge in [-0.1, -0.05) is 6.07 Å². The molecule has 0 radical (unpaired) electrons. The zero-order valence-corrected chi connectivity index (χ0v) is 11.2. The van der Waals surface area contributed by atoms with Gasteiger partial charge in [-0.2, -0.15) is 0 Å². The third kappa shape index (κ3) is 4.76. The van der Waals surface area contributed by atoms with Gasteiger partial charge in [0.15, 0.2) is 0 Å². The summed E-state index contributed by atoms with van der Waals surface area (Å²) in [5.74, 6) is -0.129. The second-order valence-electron chi connectivity index (χ2n) is 3.67. The summed E-state index contributed by atoms with van der Waals surface area (Å²) in [5, 5.41) is 0. The zero-order valence-electron chi connectivity index (χ0n) is 11.2. The van der Waals surface area contributed by atoms with E-state index < -0.39 is 5.97 Å². The van der Waals surface area contributed by atoms with E-state index in [0.29, 0.717) is 31.3 Å². The summed E-state index contributed by atoms with van der Waals surface area (Å²) >= 11 is 0. The van der Waals surface area contributed by atoms with Gasteiger partial charge in [-0.3, -0.25) is 0 Å². The van der Waals surface area contributed by atoms with Crippen molar-refractivity contribution in [3.05, 3.63) is 23.8 Å². The molecule has 0 unspecified atom stereocenters. The number of hydrogen-bond acceptors (Lipinski definition) is 6. The minimum Gasteiger partial charge on any atom is -0.496 e. The van der Waals surface area contributed by atoms with Crippen molar-refractivity contribution in [2.75, 3.05) is 46.4 Å². The summed E-state index contributed by atoms with van der Waals surface area (Å²) in [6.07, 6.45) is 0. The molecule has 0 saturated carbocycles. The fraction of sp³-hybridized carbons (Fsp3) is 0.462. The number of esters is 1. The number of methoxy groups -OCH3 is 2. The Balaban J connectivity index is 2.45. The van der Waals surface area contributed by atoms with E-state index in [4.69, 9.17) is 24.7 Å². The van der Waals surface area contributed by atoms with Crippen LogP contribution in [0.2, 0.25) is 0 Å². The lowest BCUT2D eigenvalue weighted by Crippen LogP contribution is -2.14. The van der Waals surface area contributed by atoms with Gasteiger partial charge in [0.1, 0.15) is 17.9 Å². The minimum absolute atomic E-state index is 0.153. The van der Waals surface area contributed by atoms with E-state index in [9.17, 15) is 4.79 Å². The molecule has 0 aliphatic heterocycles. The van der Waals surface area contributed by atoms with Gasteiger partial charge in [0, 0.05) is 12.8 Å². The fourth-order valence-corrected chi connectivity index (χ4v) is 1.45. The summed E-state index contributed by atoms with van der Waals surface area (Å²) in [7, 11) is 3.06. The second kappa shape index (κ2) is 8.34. The summed E-state index contributed by atoms with van der Waals surface area (Å²) in [4.78, 5) is 11.9. The topological polar surface area (TPSA) is 80.0 Å². The molecule has 1 aromatic carbocycles. The van der Waals surface area contributed by atoms with E-state index in [1.165, 1.54) is 7.11 Å². The van der Waals surface area contributed by atoms with Crippen molar-refractivity contribution in [1.82, 2.24) is 0 Å². The van der Waals surface area contributed by atoms with Gasteiger partial charge in [-0.05, 0) is 12.1 Å². The normalized spacial score (nSPS) is 10.2. The minimum atomic E-state index is -0.523. The number of nitrogens with two attached hydrogens (primary N) is 1. The predicted octanol–water partition coefficient (Wildman–Crippen LogP) is 1.10.